The molecular formula is C40H50N8O12S. The monoisotopic (exact) mass is 866 g/mol. The third-order valence-corrected chi connectivity index (χ3v) is 11.2. The SMILES string of the molecule is CSCC[C@H](NC(=O)NC(Cc1cccc(O)c1)C(=O)O)C(=O)N(/C=C1\CC(O)C(n2ccc(=O)[nH]c2=O)O1)C(=O)C(N)C(C)N(C)C(=O)C1Cc2cc(O)ccc2C(C)N1. The standard InChI is InChI=1S/C40H50N8O12S/c1-20-27-9-8-25(50)16-23(27)17-29(42-20)34(53)46(3)21(2)33(41)36(55)48(19-26-18-31(51)37(60-26)47-12-10-32(52)45-40(47)59)35(54)28(11-13-61-4)43-39(58)44-30(38(56)57)15-22-6-5-7-24(49)14-22/h5-10,12,14,16,19-21,28-31,33,37,42,49-51H,11,13,15,17-18,41H2,1-4H3,(H,56,57)(H2,43,44,58)(H,45,52,59)/b26-19+/t20?,21?,28-,29?,30?,31?,33?,37?/m0/s1. The summed E-state index contributed by atoms with van der Waals surface area (Å²) in [5, 5.41) is 48.8. The van der Waals surface area contributed by atoms with E-state index in [1.807, 2.05) is 6.92 Å². The van der Waals surface area contributed by atoms with Crippen molar-refractivity contribution in [1.82, 2.24) is 35.3 Å². The average molecular weight is 867 g/mol. The van der Waals surface area contributed by atoms with Gasteiger partial charge in [0, 0.05) is 38.2 Å². The number of hydrogen-bond donors (Lipinski definition) is 9. The minimum absolute atomic E-state index is 0.0425. The maximum Gasteiger partial charge on any atom is 0.331 e. The second-order valence-corrected chi connectivity index (χ2v) is 15.9. The second kappa shape index (κ2) is 19.9. The van der Waals surface area contributed by atoms with Crippen molar-refractivity contribution in [3.05, 3.63) is 104 Å². The van der Waals surface area contributed by atoms with E-state index in [9.17, 15) is 54.0 Å². The summed E-state index contributed by atoms with van der Waals surface area (Å²) in [6, 6.07) is 4.07. The first-order chi connectivity index (χ1) is 28.9. The number of aliphatic hydroxyl groups is 1. The minimum atomic E-state index is -1.58. The molecule has 0 aliphatic carbocycles. The fraction of sp³-hybridized carbons (Fsp3) is 0.425. The predicted octanol–water partition coefficient (Wildman–Crippen LogP) is -0.00930. The minimum Gasteiger partial charge on any atom is -0.508 e. The molecule has 10 N–H and O–H groups in total. The summed E-state index contributed by atoms with van der Waals surface area (Å²) >= 11 is 1.31. The Kier molecular flexibility index (Phi) is 15.0. The number of aromatic nitrogens is 2. The lowest BCUT2D eigenvalue weighted by Crippen LogP contribution is -2.60. The third kappa shape index (κ3) is 11.2. The van der Waals surface area contributed by atoms with Crippen LogP contribution in [0.2, 0.25) is 0 Å². The van der Waals surface area contributed by atoms with E-state index >= 15 is 0 Å². The maximum absolute atomic E-state index is 14.5. The fourth-order valence-corrected chi connectivity index (χ4v) is 7.61. The Morgan fingerprint density at radius 1 is 1.03 bits per heavy atom. The van der Waals surface area contributed by atoms with E-state index in [1.165, 1.54) is 48.8 Å². The third-order valence-electron chi connectivity index (χ3n) is 10.6. The van der Waals surface area contributed by atoms with Crippen molar-refractivity contribution < 1.29 is 49.1 Å². The first-order valence-electron chi connectivity index (χ1n) is 19.3. The van der Waals surface area contributed by atoms with E-state index in [1.54, 1.807) is 30.5 Å². The van der Waals surface area contributed by atoms with Crippen LogP contribution in [0.4, 0.5) is 4.79 Å². The first-order valence-corrected chi connectivity index (χ1v) is 20.7. The van der Waals surface area contributed by atoms with E-state index in [4.69, 9.17) is 10.5 Å². The number of aromatic amines is 1. The highest BCUT2D eigenvalue weighted by molar-refractivity contribution is 7.98. The molecule has 21 heteroatoms. The molecule has 328 valence electrons. The fourth-order valence-electron chi connectivity index (χ4n) is 7.13. The van der Waals surface area contributed by atoms with Crippen LogP contribution in [0.25, 0.3) is 0 Å². The van der Waals surface area contributed by atoms with Crippen LogP contribution < -0.4 is 32.9 Å². The predicted molar refractivity (Wildman–Crippen MR) is 221 cm³/mol. The van der Waals surface area contributed by atoms with Crippen molar-refractivity contribution in [2.24, 2.45) is 5.73 Å². The number of likely N-dealkylation sites (N-methyl/N-ethyl adjacent to an activating group) is 1. The van der Waals surface area contributed by atoms with E-state index in [0.717, 1.165) is 34.2 Å². The largest absolute Gasteiger partial charge is 0.508 e. The molecule has 5 rings (SSSR count). The number of thioether (sulfide) groups is 1. The number of phenols is 2. The van der Waals surface area contributed by atoms with Crippen LogP contribution >= 0.6 is 11.8 Å². The van der Waals surface area contributed by atoms with Crippen molar-refractivity contribution >= 4 is 41.5 Å². The Hall–Kier alpha value is -6.16. The van der Waals surface area contributed by atoms with Crippen molar-refractivity contribution in [2.75, 3.05) is 19.1 Å². The highest BCUT2D eigenvalue weighted by Gasteiger charge is 2.40. The van der Waals surface area contributed by atoms with E-state index < -0.39 is 83.5 Å². The average Bonchev–Trinajstić information content (AvgIpc) is 3.58. The molecule has 0 bridgehead atoms. The molecule has 61 heavy (non-hydrogen) atoms. The van der Waals surface area contributed by atoms with E-state index in [0.29, 0.717) is 10.5 Å². The van der Waals surface area contributed by atoms with Crippen molar-refractivity contribution in [3.8, 4) is 11.5 Å². The number of rotatable bonds is 15. The topological polar surface area (TPSA) is 299 Å². The first kappa shape index (κ1) is 45.9. The number of nitrogens with two attached hydrogens (primary N) is 1. The number of fused-ring (bicyclic) bond motifs is 1. The Morgan fingerprint density at radius 2 is 1.74 bits per heavy atom. The van der Waals surface area contributed by atoms with Crippen LogP contribution in [0.15, 0.2) is 76.3 Å². The number of urea groups is 1. The van der Waals surface area contributed by atoms with Gasteiger partial charge in [-0.15, -0.1) is 0 Å². The van der Waals surface area contributed by atoms with Gasteiger partial charge in [-0.3, -0.25) is 38.9 Å². The number of aliphatic carboxylic acids is 1. The zero-order valence-corrected chi connectivity index (χ0v) is 34.6. The van der Waals surface area contributed by atoms with E-state index in [2.05, 4.69) is 20.9 Å². The van der Waals surface area contributed by atoms with Crippen LogP contribution in [-0.4, -0.2) is 125 Å². The molecule has 7 unspecified atom stereocenters. The number of imide groups is 1. The molecule has 0 radical (unpaired) electrons. The van der Waals surface area contributed by atoms with Gasteiger partial charge in [0.15, 0.2) is 0 Å². The number of carbonyl (C=O) groups is 5. The van der Waals surface area contributed by atoms with Crippen molar-refractivity contribution in [1.29, 1.82) is 0 Å². The summed E-state index contributed by atoms with van der Waals surface area (Å²) in [6.45, 7) is 3.37. The summed E-state index contributed by atoms with van der Waals surface area (Å²) in [7, 11) is 1.45. The molecular weight excluding hydrogens is 817 g/mol. The van der Waals surface area contributed by atoms with Gasteiger partial charge in [0.25, 0.3) is 17.4 Å². The molecule has 2 aliphatic rings. The Morgan fingerprint density at radius 3 is 2.41 bits per heavy atom. The molecule has 1 saturated heterocycles. The number of carbonyl (C=O) groups excluding carboxylic acids is 4. The highest BCUT2D eigenvalue weighted by Crippen LogP contribution is 2.32. The number of carboxylic acids is 1. The van der Waals surface area contributed by atoms with Gasteiger partial charge in [-0.25, -0.2) is 14.4 Å². The lowest BCUT2D eigenvalue weighted by Gasteiger charge is -2.37. The van der Waals surface area contributed by atoms with Gasteiger partial charge in [-0.1, -0.05) is 18.2 Å². The molecule has 3 heterocycles. The van der Waals surface area contributed by atoms with Crippen LogP contribution in [-0.2, 0) is 36.8 Å². The number of aliphatic hydroxyl groups excluding tert-OH is 1. The quantitative estimate of drug-likeness (QED) is 0.0971. The van der Waals surface area contributed by atoms with Gasteiger partial charge in [-0.2, -0.15) is 11.8 Å². The lowest BCUT2D eigenvalue weighted by molar-refractivity contribution is -0.145. The van der Waals surface area contributed by atoms with Gasteiger partial charge in [0.05, 0.1) is 18.3 Å². The highest BCUT2D eigenvalue weighted by atomic mass is 32.2. The Labute approximate surface area is 353 Å². The molecule has 0 spiro atoms. The smallest absolute Gasteiger partial charge is 0.331 e. The molecule has 20 nitrogen and oxygen atoms in total. The summed E-state index contributed by atoms with van der Waals surface area (Å²) in [6.07, 6.45) is 0.657. The van der Waals surface area contributed by atoms with Gasteiger partial charge in [0.1, 0.15) is 41.5 Å². The van der Waals surface area contributed by atoms with Crippen LogP contribution in [0.3, 0.4) is 0 Å². The number of nitrogens with zero attached hydrogens (tertiary/aromatic N) is 3. The number of amides is 5. The molecule has 8 atom stereocenters. The number of aromatic hydroxyl groups is 2. The van der Waals surface area contributed by atoms with Crippen LogP contribution in [0.1, 0.15) is 55.6 Å². The van der Waals surface area contributed by atoms with Gasteiger partial charge in [0.2, 0.25) is 12.1 Å². The number of hydrogen-bond acceptors (Lipinski definition) is 14. The normalized spacial score (nSPS) is 20.9. The number of carboxylic acid groups (broad SMARTS) is 1. The molecule has 0 saturated carbocycles. The Balaban J connectivity index is 1.42. The number of phenolic OH excluding ortho intramolecular Hbond substituents is 2. The molecule has 5 amide bonds. The maximum atomic E-state index is 14.5. The van der Waals surface area contributed by atoms with E-state index in [-0.39, 0.29) is 54.7 Å². The zero-order chi connectivity index (χ0) is 44.7. The van der Waals surface area contributed by atoms with Crippen LogP contribution in [0, 0.1) is 0 Å². The van der Waals surface area contributed by atoms with Gasteiger partial charge >= 0.3 is 17.7 Å². The molecule has 2 aliphatic heterocycles. The molecule has 3 aromatic rings. The van der Waals surface area contributed by atoms with Crippen LogP contribution in [0.5, 0.6) is 11.5 Å². The van der Waals surface area contributed by atoms with Gasteiger partial charge < -0.3 is 46.4 Å². The van der Waals surface area contributed by atoms with Crippen molar-refractivity contribution in [2.45, 2.75) is 88.1 Å². The van der Waals surface area contributed by atoms with Gasteiger partial charge in [-0.05, 0) is 79.7 Å². The zero-order valence-electron chi connectivity index (χ0n) is 33.8. The summed E-state index contributed by atoms with van der Waals surface area (Å²) in [4.78, 5) is 96.6. The number of benzene rings is 2. The Bertz CT molecular complexity index is 2280. The summed E-state index contributed by atoms with van der Waals surface area (Å²) in [5.74, 6) is -3.86. The molecule has 1 aromatic heterocycles. The molecule has 1 fully saturated rings. The van der Waals surface area contributed by atoms with Crippen molar-refractivity contribution in [3.63, 3.8) is 0 Å². The lowest BCUT2D eigenvalue weighted by atomic mass is 9.90. The number of nitrogens with one attached hydrogen (secondary N) is 4. The number of ether oxygens (including phenoxy) is 1. The number of H-pyrrole nitrogens is 1. The molecule has 2 aromatic carbocycles. The summed E-state index contributed by atoms with van der Waals surface area (Å²) in [5.41, 5.74) is 7.03. The summed E-state index contributed by atoms with van der Waals surface area (Å²) < 4.78 is 6.75. The second-order valence-electron chi connectivity index (χ2n) is 14.9.